The summed E-state index contributed by atoms with van der Waals surface area (Å²) in [5.74, 6) is 1.27. The molecule has 1 aromatic heterocycles. The van der Waals surface area contributed by atoms with Crippen LogP contribution in [0.4, 0.5) is 0 Å². The van der Waals surface area contributed by atoms with Crippen LogP contribution in [0.2, 0.25) is 0 Å². The van der Waals surface area contributed by atoms with E-state index in [0.29, 0.717) is 16.1 Å². The molecule has 1 aromatic carbocycles. The molecule has 0 fully saturated rings. The fourth-order valence-corrected chi connectivity index (χ4v) is 2.40. The highest BCUT2D eigenvalue weighted by Crippen LogP contribution is 2.32. The first-order valence-electron chi connectivity index (χ1n) is 6.22. The summed E-state index contributed by atoms with van der Waals surface area (Å²) in [5.41, 5.74) is 0.513. The zero-order valence-corrected chi connectivity index (χ0v) is 14.2. The Hall–Kier alpha value is -1.67. The van der Waals surface area contributed by atoms with E-state index >= 15 is 0 Å². The quantitative estimate of drug-likeness (QED) is 0.638. The van der Waals surface area contributed by atoms with Crippen LogP contribution in [0.1, 0.15) is 31.2 Å². The first-order chi connectivity index (χ1) is 9.93. The normalized spacial score (nSPS) is 11.5. The van der Waals surface area contributed by atoms with Crippen LogP contribution in [-0.2, 0) is 0 Å². The number of H-pyrrole nitrogens is 1. The number of nitrogens with zero attached hydrogens (tertiary/aromatic N) is 3. The molecule has 2 aromatic rings. The molecule has 112 valence electrons. The van der Waals surface area contributed by atoms with Crippen LogP contribution in [0, 0.1) is 4.77 Å². The van der Waals surface area contributed by atoms with Crippen molar-refractivity contribution in [2.45, 2.75) is 19.8 Å². The van der Waals surface area contributed by atoms with Gasteiger partial charge in [0, 0.05) is 16.0 Å². The SMILES string of the molecule is COc1cc(Br)cc(/C=N\n2c(C(C)C)n[nH]c2=S)c1O. The van der Waals surface area contributed by atoms with Gasteiger partial charge in [0.2, 0.25) is 4.77 Å². The number of rotatable bonds is 4. The van der Waals surface area contributed by atoms with Gasteiger partial charge in [-0.1, -0.05) is 29.8 Å². The lowest BCUT2D eigenvalue weighted by molar-refractivity contribution is 0.373. The highest BCUT2D eigenvalue weighted by molar-refractivity contribution is 9.10. The molecule has 21 heavy (non-hydrogen) atoms. The maximum absolute atomic E-state index is 10.1. The van der Waals surface area contributed by atoms with Crippen LogP contribution in [-0.4, -0.2) is 33.3 Å². The fourth-order valence-electron chi connectivity index (χ4n) is 1.76. The van der Waals surface area contributed by atoms with E-state index in [1.54, 1.807) is 12.1 Å². The van der Waals surface area contributed by atoms with Crippen molar-refractivity contribution in [3.63, 3.8) is 0 Å². The number of ether oxygens (including phenoxy) is 1. The molecule has 0 radical (unpaired) electrons. The van der Waals surface area contributed by atoms with Gasteiger partial charge in [-0.15, -0.1) is 0 Å². The Kier molecular flexibility index (Phi) is 4.79. The third-order valence-electron chi connectivity index (χ3n) is 2.79. The summed E-state index contributed by atoms with van der Waals surface area (Å²) in [6, 6.07) is 3.41. The lowest BCUT2D eigenvalue weighted by Crippen LogP contribution is -2.01. The van der Waals surface area contributed by atoms with Gasteiger partial charge in [-0.2, -0.15) is 14.9 Å². The monoisotopic (exact) mass is 370 g/mol. The topological polar surface area (TPSA) is 75.4 Å². The number of halogens is 1. The Morgan fingerprint density at radius 3 is 2.86 bits per heavy atom. The van der Waals surface area contributed by atoms with Crippen LogP contribution in [0.3, 0.4) is 0 Å². The highest BCUT2D eigenvalue weighted by Gasteiger charge is 2.11. The lowest BCUT2D eigenvalue weighted by atomic mass is 10.2. The van der Waals surface area contributed by atoms with Crippen molar-refractivity contribution >= 4 is 34.4 Å². The number of hydrogen-bond acceptors (Lipinski definition) is 5. The Labute approximate surface area is 135 Å². The number of benzene rings is 1. The molecule has 8 heteroatoms. The minimum Gasteiger partial charge on any atom is -0.504 e. The van der Waals surface area contributed by atoms with Gasteiger partial charge in [0.05, 0.1) is 13.3 Å². The van der Waals surface area contributed by atoms with Gasteiger partial charge in [0.15, 0.2) is 17.3 Å². The third kappa shape index (κ3) is 3.33. The molecule has 0 unspecified atom stereocenters. The predicted molar refractivity (Wildman–Crippen MR) is 86.9 cm³/mol. The van der Waals surface area contributed by atoms with Crippen molar-refractivity contribution in [1.29, 1.82) is 0 Å². The first-order valence-corrected chi connectivity index (χ1v) is 7.42. The van der Waals surface area contributed by atoms with Gasteiger partial charge in [-0.05, 0) is 24.4 Å². The van der Waals surface area contributed by atoms with Gasteiger partial charge in [0.1, 0.15) is 0 Å². The van der Waals surface area contributed by atoms with E-state index in [-0.39, 0.29) is 11.7 Å². The smallest absolute Gasteiger partial charge is 0.216 e. The van der Waals surface area contributed by atoms with Crippen molar-refractivity contribution in [3.8, 4) is 11.5 Å². The van der Waals surface area contributed by atoms with Crippen LogP contribution in [0.15, 0.2) is 21.7 Å². The second kappa shape index (κ2) is 6.40. The zero-order valence-electron chi connectivity index (χ0n) is 11.8. The second-order valence-corrected chi connectivity index (χ2v) is 5.95. The van der Waals surface area contributed by atoms with E-state index in [1.165, 1.54) is 18.0 Å². The summed E-state index contributed by atoms with van der Waals surface area (Å²) in [7, 11) is 1.49. The predicted octanol–water partition coefficient (Wildman–Crippen LogP) is 3.42. The third-order valence-corrected chi connectivity index (χ3v) is 3.52. The molecule has 0 aliphatic carbocycles. The molecule has 0 bridgehead atoms. The maximum atomic E-state index is 10.1. The molecule has 0 atom stereocenters. The van der Waals surface area contributed by atoms with Gasteiger partial charge in [0.25, 0.3) is 0 Å². The summed E-state index contributed by atoms with van der Waals surface area (Å²) in [5, 5.41) is 21.2. The van der Waals surface area contributed by atoms with Crippen LogP contribution >= 0.6 is 28.1 Å². The van der Waals surface area contributed by atoms with Crippen molar-refractivity contribution in [3.05, 3.63) is 32.8 Å². The molecule has 1 heterocycles. The maximum Gasteiger partial charge on any atom is 0.216 e. The first kappa shape index (κ1) is 15.7. The Morgan fingerprint density at radius 2 is 2.24 bits per heavy atom. The number of hydrogen-bond donors (Lipinski definition) is 2. The van der Waals surface area contributed by atoms with Crippen LogP contribution < -0.4 is 4.74 Å². The van der Waals surface area contributed by atoms with Gasteiger partial charge < -0.3 is 9.84 Å². The van der Waals surface area contributed by atoms with Gasteiger partial charge >= 0.3 is 0 Å². The summed E-state index contributed by atoms with van der Waals surface area (Å²) in [4.78, 5) is 0. The average Bonchev–Trinajstić information content (AvgIpc) is 2.80. The fraction of sp³-hybridized carbons (Fsp3) is 0.308. The molecule has 0 saturated carbocycles. The second-order valence-electron chi connectivity index (χ2n) is 4.64. The number of phenolic OH excluding ortho intramolecular Hbond substituents is 1. The van der Waals surface area contributed by atoms with Crippen LogP contribution in [0.25, 0.3) is 0 Å². The summed E-state index contributed by atoms with van der Waals surface area (Å²) < 4.78 is 7.81. The largest absolute Gasteiger partial charge is 0.504 e. The van der Waals surface area contributed by atoms with Crippen molar-refractivity contribution in [1.82, 2.24) is 14.9 Å². The Balaban J connectivity index is 2.45. The molecule has 0 amide bonds. The molecule has 0 aliphatic rings. The number of aromatic hydroxyl groups is 1. The minimum atomic E-state index is 0.0190. The molecule has 2 N–H and O–H groups in total. The van der Waals surface area contributed by atoms with E-state index in [2.05, 4.69) is 31.2 Å². The summed E-state index contributed by atoms with van der Waals surface area (Å²) in [6.45, 7) is 3.99. The van der Waals surface area contributed by atoms with Gasteiger partial charge in [-0.25, -0.2) is 0 Å². The highest BCUT2D eigenvalue weighted by atomic mass is 79.9. The van der Waals surface area contributed by atoms with E-state index in [0.717, 1.165) is 10.3 Å². The van der Waals surface area contributed by atoms with E-state index < -0.39 is 0 Å². The molecule has 0 aliphatic heterocycles. The lowest BCUT2D eigenvalue weighted by Gasteiger charge is -2.07. The average molecular weight is 371 g/mol. The van der Waals surface area contributed by atoms with E-state index in [9.17, 15) is 5.11 Å². The molecule has 0 spiro atoms. The van der Waals surface area contributed by atoms with Crippen molar-refractivity contribution in [2.75, 3.05) is 7.11 Å². The minimum absolute atomic E-state index is 0.0190. The number of methoxy groups -OCH3 is 1. The summed E-state index contributed by atoms with van der Waals surface area (Å²) in [6.07, 6.45) is 1.51. The summed E-state index contributed by atoms with van der Waals surface area (Å²) >= 11 is 8.51. The van der Waals surface area contributed by atoms with Crippen LogP contribution in [0.5, 0.6) is 11.5 Å². The van der Waals surface area contributed by atoms with E-state index in [1.807, 2.05) is 13.8 Å². The van der Waals surface area contributed by atoms with Crippen molar-refractivity contribution < 1.29 is 9.84 Å². The Bertz CT molecular complexity index is 736. The Morgan fingerprint density at radius 1 is 1.52 bits per heavy atom. The molecular formula is C13H15BrN4O2S. The number of aromatic amines is 1. The molecule has 6 nitrogen and oxygen atoms in total. The molecule has 2 rings (SSSR count). The number of phenols is 1. The number of aromatic nitrogens is 3. The van der Waals surface area contributed by atoms with Gasteiger partial charge in [-0.3, -0.25) is 5.10 Å². The number of nitrogens with one attached hydrogen (secondary N) is 1. The van der Waals surface area contributed by atoms with E-state index in [4.69, 9.17) is 17.0 Å². The molecule has 0 saturated heterocycles. The van der Waals surface area contributed by atoms with Crippen molar-refractivity contribution in [2.24, 2.45) is 5.10 Å². The zero-order chi connectivity index (χ0) is 15.6. The standard InChI is InChI=1S/C13H15BrN4O2S/c1-7(2)12-16-17-13(21)18(12)15-6-8-4-9(14)5-10(20-3)11(8)19/h4-7,19H,1-3H3,(H,17,21)/b15-6-. The molecular weight excluding hydrogens is 356 g/mol.